The molecule has 38 heavy (non-hydrogen) atoms. The number of anilines is 1. The van der Waals surface area contributed by atoms with E-state index < -0.39 is 10.0 Å². The largest absolute Gasteiger partial charge is 0.490 e. The Hall–Kier alpha value is -3.47. The van der Waals surface area contributed by atoms with Gasteiger partial charge in [0.2, 0.25) is 0 Å². The van der Waals surface area contributed by atoms with Crippen molar-refractivity contribution < 1.29 is 13.2 Å². The predicted molar refractivity (Wildman–Crippen MR) is 154 cm³/mol. The van der Waals surface area contributed by atoms with Crippen molar-refractivity contribution in [3.63, 3.8) is 0 Å². The lowest BCUT2D eigenvalue weighted by atomic mass is 10.2. The van der Waals surface area contributed by atoms with Gasteiger partial charge < -0.3 is 14.2 Å². The Morgan fingerprint density at radius 1 is 1.00 bits per heavy atom. The third kappa shape index (κ3) is 5.24. The van der Waals surface area contributed by atoms with Crippen molar-refractivity contribution in [1.29, 1.82) is 0 Å². The van der Waals surface area contributed by atoms with E-state index in [1.807, 2.05) is 30.3 Å². The number of benzene rings is 3. The van der Waals surface area contributed by atoms with Crippen LogP contribution in [0.5, 0.6) is 5.75 Å². The predicted octanol–water partition coefficient (Wildman–Crippen LogP) is 5.52. The Balaban J connectivity index is 1.52. The molecule has 0 aliphatic heterocycles. The summed E-state index contributed by atoms with van der Waals surface area (Å²) in [6.07, 6.45) is 0. The molecule has 0 saturated carbocycles. The molecule has 0 unspecified atom stereocenters. The average Bonchev–Trinajstić information content (AvgIpc) is 3.50. The fourth-order valence-electron chi connectivity index (χ4n) is 4.69. The van der Waals surface area contributed by atoms with Crippen LogP contribution >= 0.6 is 11.7 Å². The summed E-state index contributed by atoms with van der Waals surface area (Å²) >= 11 is 0.996. The normalized spacial score (nSPS) is 12.0. The van der Waals surface area contributed by atoms with Gasteiger partial charge in [-0.2, -0.15) is 8.75 Å². The lowest BCUT2D eigenvalue weighted by molar-refractivity contribution is 0.223. The topological polar surface area (TPSA) is 89.4 Å². The summed E-state index contributed by atoms with van der Waals surface area (Å²) < 4.78 is 46.4. The van der Waals surface area contributed by atoms with Gasteiger partial charge in [-0.3, -0.25) is 4.72 Å². The Morgan fingerprint density at radius 2 is 1.79 bits per heavy atom. The van der Waals surface area contributed by atoms with Crippen LogP contribution in [0.1, 0.15) is 25.1 Å². The lowest BCUT2D eigenvalue weighted by Gasteiger charge is -2.18. The van der Waals surface area contributed by atoms with Gasteiger partial charge in [-0.15, -0.1) is 0 Å². The molecule has 0 spiro atoms. The SMILES string of the molecule is CCN(CC)CCOc1c(C)n(Cc2ccccc2)c2ccc(NS(=O)(=O)c3cccc4nsnc34)cc12. The molecule has 0 saturated heterocycles. The molecule has 0 aliphatic rings. The van der Waals surface area contributed by atoms with Crippen LogP contribution in [0.2, 0.25) is 0 Å². The molecular weight excluding hydrogens is 518 g/mol. The molecule has 10 heteroatoms. The number of rotatable bonds is 11. The van der Waals surface area contributed by atoms with E-state index in [0.717, 1.165) is 53.7 Å². The Bertz CT molecular complexity index is 1660. The smallest absolute Gasteiger partial charge is 0.264 e. The van der Waals surface area contributed by atoms with Gasteiger partial charge in [0.25, 0.3) is 10.0 Å². The highest BCUT2D eigenvalue weighted by Gasteiger charge is 2.22. The maximum absolute atomic E-state index is 13.3. The number of likely N-dealkylation sites (N-methyl/N-ethyl adjacent to an activating group) is 1. The molecule has 198 valence electrons. The van der Waals surface area contributed by atoms with E-state index in [4.69, 9.17) is 4.74 Å². The minimum atomic E-state index is -3.88. The van der Waals surface area contributed by atoms with Crippen molar-refractivity contribution in [2.45, 2.75) is 32.2 Å². The Labute approximate surface area is 227 Å². The number of nitrogens with one attached hydrogen (secondary N) is 1. The standard InChI is InChI=1S/C28H31N5O3S2/c1-4-32(5-2)16-17-36-28-20(3)33(19-21-10-7-6-8-11-21)25-15-14-22(18-23(25)28)31-38(34,35)26-13-9-12-24-27(26)30-37-29-24/h6-15,18,31H,4-5,16-17,19H2,1-3H3. The van der Waals surface area contributed by atoms with Gasteiger partial charge >= 0.3 is 0 Å². The van der Waals surface area contributed by atoms with Crippen LogP contribution in [0.4, 0.5) is 5.69 Å². The zero-order chi connectivity index (χ0) is 26.7. The van der Waals surface area contributed by atoms with E-state index in [0.29, 0.717) is 29.9 Å². The van der Waals surface area contributed by atoms with Crippen molar-refractivity contribution in [2.75, 3.05) is 31.0 Å². The van der Waals surface area contributed by atoms with Gasteiger partial charge in [0, 0.05) is 24.2 Å². The van der Waals surface area contributed by atoms with Crippen LogP contribution < -0.4 is 9.46 Å². The maximum atomic E-state index is 13.3. The fourth-order valence-corrected chi connectivity index (χ4v) is 6.51. The number of sulfonamides is 1. The molecule has 2 aromatic heterocycles. The lowest BCUT2D eigenvalue weighted by Crippen LogP contribution is -2.28. The quantitative estimate of drug-likeness (QED) is 0.233. The molecule has 0 fully saturated rings. The molecule has 0 amide bonds. The minimum absolute atomic E-state index is 0.109. The summed E-state index contributed by atoms with van der Waals surface area (Å²) in [4.78, 5) is 2.42. The summed E-state index contributed by atoms with van der Waals surface area (Å²) in [5.41, 5.74) is 4.56. The third-order valence-corrected chi connectivity index (χ3v) is 8.74. The van der Waals surface area contributed by atoms with Crippen LogP contribution in [0.15, 0.2) is 71.6 Å². The first-order valence-corrected chi connectivity index (χ1v) is 14.9. The summed E-state index contributed by atoms with van der Waals surface area (Å²) in [5, 5.41) is 0.867. The van der Waals surface area contributed by atoms with Crippen LogP contribution in [-0.2, 0) is 16.6 Å². The van der Waals surface area contributed by atoms with E-state index in [9.17, 15) is 8.42 Å². The summed E-state index contributed by atoms with van der Waals surface area (Å²) in [5.74, 6) is 0.773. The zero-order valence-electron chi connectivity index (χ0n) is 21.7. The molecule has 0 aliphatic carbocycles. The number of hydrogen-bond donors (Lipinski definition) is 1. The number of aromatic nitrogens is 3. The van der Waals surface area contributed by atoms with Crippen molar-refractivity contribution in [3.8, 4) is 5.75 Å². The van der Waals surface area contributed by atoms with Gasteiger partial charge in [-0.05, 0) is 55.9 Å². The molecule has 5 aromatic rings. The van der Waals surface area contributed by atoms with Crippen molar-refractivity contribution >= 4 is 49.4 Å². The summed E-state index contributed by atoms with van der Waals surface area (Å²) in [6, 6.07) is 20.8. The summed E-state index contributed by atoms with van der Waals surface area (Å²) in [7, 11) is -3.88. The van der Waals surface area contributed by atoms with Crippen molar-refractivity contribution in [2.24, 2.45) is 0 Å². The Kier molecular flexibility index (Phi) is 7.64. The second kappa shape index (κ2) is 11.1. The third-order valence-electron chi connectivity index (χ3n) is 6.79. The first-order valence-electron chi connectivity index (χ1n) is 12.7. The molecule has 8 nitrogen and oxygen atoms in total. The van der Waals surface area contributed by atoms with Gasteiger partial charge in [0.05, 0.1) is 22.9 Å². The Morgan fingerprint density at radius 3 is 2.55 bits per heavy atom. The first-order chi connectivity index (χ1) is 18.4. The first kappa shape index (κ1) is 26.1. The monoisotopic (exact) mass is 549 g/mol. The molecule has 0 radical (unpaired) electrons. The van der Waals surface area contributed by atoms with Gasteiger partial charge in [0.15, 0.2) is 0 Å². The van der Waals surface area contributed by atoms with Gasteiger partial charge in [-0.1, -0.05) is 50.2 Å². The van der Waals surface area contributed by atoms with Crippen molar-refractivity contribution in [3.05, 3.63) is 78.0 Å². The molecule has 1 N–H and O–H groups in total. The highest BCUT2D eigenvalue weighted by atomic mass is 32.2. The summed E-state index contributed by atoms with van der Waals surface area (Å²) in [6.45, 7) is 10.3. The van der Waals surface area contributed by atoms with Crippen molar-refractivity contribution in [1.82, 2.24) is 18.2 Å². The second-order valence-corrected chi connectivity index (χ2v) is 11.3. The van der Waals surface area contributed by atoms with Crippen LogP contribution in [0, 0.1) is 6.92 Å². The highest BCUT2D eigenvalue weighted by Crippen LogP contribution is 2.36. The van der Waals surface area contributed by atoms with E-state index in [1.54, 1.807) is 24.3 Å². The zero-order valence-corrected chi connectivity index (χ0v) is 23.3. The van der Waals surface area contributed by atoms with Crippen LogP contribution in [0.25, 0.3) is 21.9 Å². The van der Waals surface area contributed by atoms with Crippen LogP contribution in [-0.4, -0.2) is 52.9 Å². The maximum Gasteiger partial charge on any atom is 0.264 e. The number of ether oxygens (including phenoxy) is 1. The molecular formula is C28H31N5O3S2. The number of hydrogen-bond acceptors (Lipinski definition) is 7. The fraction of sp³-hybridized carbons (Fsp3) is 0.286. The molecule has 5 rings (SSSR count). The minimum Gasteiger partial charge on any atom is -0.490 e. The highest BCUT2D eigenvalue weighted by molar-refractivity contribution is 7.93. The van der Waals surface area contributed by atoms with E-state index in [2.05, 4.69) is 55.8 Å². The number of nitrogens with zero attached hydrogens (tertiary/aromatic N) is 4. The molecule has 2 heterocycles. The average molecular weight is 550 g/mol. The van der Waals surface area contributed by atoms with Gasteiger partial charge in [0.1, 0.15) is 28.3 Å². The van der Waals surface area contributed by atoms with E-state index >= 15 is 0 Å². The number of fused-ring (bicyclic) bond motifs is 2. The van der Waals surface area contributed by atoms with E-state index in [1.165, 1.54) is 5.56 Å². The van der Waals surface area contributed by atoms with Crippen LogP contribution in [0.3, 0.4) is 0 Å². The molecule has 3 aromatic carbocycles. The second-order valence-electron chi connectivity index (χ2n) is 9.09. The van der Waals surface area contributed by atoms with Gasteiger partial charge in [-0.25, -0.2) is 8.42 Å². The molecule has 0 atom stereocenters. The van der Waals surface area contributed by atoms with E-state index in [-0.39, 0.29) is 4.90 Å². The molecule has 0 bridgehead atoms.